The summed E-state index contributed by atoms with van der Waals surface area (Å²) in [5, 5.41) is 10.4. The number of carbonyl (C=O) groups excluding carboxylic acids is 2. The number of piperidine rings is 2. The number of likely N-dealkylation sites (tertiary alicyclic amines) is 2. The molecule has 4 heterocycles. The van der Waals surface area contributed by atoms with Crippen LogP contribution in [0.4, 0.5) is 16.4 Å². The molecule has 2 aromatic rings. The number of hydrogen-bond acceptors (Lipinski definition) is 7. The first-order valence-corrected chi connectivity index (χ1v) is 13.3. The monoisotopic (exact) mass is 511 g/mol. The normalized spacial score (nSPS) is 20.0. The minimum absolute atomic E-state index is 0.205. The summed E-state index contributed by atoms with van der Waals surface area (Å²) < 4.78 is 5.52. The van der Waals surface area contributed by atoms with Gasteiger partial charge in [0.25, 0.3) is 0 Å². The second-order valence-corrected chi connectivity index (χ2v) is 11.8. The lowest BCUT2D eigenvalue weighted by Crippen LogP contribution is -2.52. The number of ether oxygens (including phenoxy) is 1. The third-order valence-electron chi connectivity index (χ3n) is 7.19. The van der Waals surface area contributed by atoms with Crippen LogP contribution in [0, 0.1) is 25.2 Å². The maximum Gasteiger partial charge on any atom is 0.410 e. The summed E-state index contributed by atoms with van der Waals surface area (Å²) in [6, 6.07) is 3.91. The Hall–Kier alpha value is -3.17. The zero-order chi connectivity index (χ0) is 26.8. The molecule has 2 amide bonds. The standard InChI is InChI=1S/C27H41N7O3/c1-18-14-23(32-31-18)30-22-16-21(28-19(2)29-22)15-20-8-7-11-34(17-20)24(35)27(6)9-12-33(13-10-27)25(36)37-26(3,4)5/h14,16,20H,7-13,15,17H2,1-6H3,(H2,28,29,30,31,32)/t20-/m1/s1. The van der Waals surface area contributed by atoms with Crippen molar-refractivity contribution in [2.75, 3.05) is 31.5 Å². The van der Waals surface area contributed by atoms with E-state index in [2.05, 4.69) is 25.5 Å². The van der Waals surface area contributed by atoms with E-state index in [0.29, 0.717) is 37.7 Å². The Morgan fingerprint density at radius 1 is 1.11 bits per heavy atom. The van der Waals surface area contributed by atoms with E-state index in [9.17, 15) is 9.59 Å². The molecular weight excluding hydrogens is 470 g/mol. The van der Waals surface area contributed by atoms with E-state index in [1.165, 1.54) is 0 Å². The molecule has 1 atom stereocenters. The number of aromatic nitrogens is 4. The Balaban J connectivity index is 1.35. The average molecular weight is 512 g/mol. The highest BCUT2D eigenvalue weighted by Gasteiger charge is 2.42. The van der Waals surface area contributed by atoms with Crippen molar-refractivity contribution >= 4 is 23.6 Å². The van der Waals surface area contributed by atoms with Gasteiger partial charge in [0.15, 0.2) is 5.82 Å². The number of aromatic amines is 1. The van der Waals surface area contributed by atoms with Gasteiger partial charge < -0.3 is 19.9 Å². The minimum Gasteiger partial charge on any atom is -0.444 e. The number of amides is 2. The molecule has 0 spiro atoms. The summed E-state index contributed by atoms with van der Waals surface area (Å²) in [5.74, 6) is 2.71. The zero-order valence-electron chi connectivity index (χ0n) is 23.1. The van der Waals surface area contributed by atoms with Crippen molar-refractivity contribution in [1.82, 2.24) is 30.0 Å². The molecular formula is C27H41N7O3. The summed E-state index contributed by atoms with van der Waals surface area (Å²) >= 11 is 0. The highest BCUT2D eigenvalue weighted by Crippen LogP contribution is 2.35. The summed E-state index contributed by atoms with van der Waals surface area (Å²) in [7, 11) is 0. The number of nitrogens with zero attached hydrogens (tertiary/aromatic N) is 5. The molecule has 0 aliphatic carbocycles. The van der Waals surface area contributed by atoms with Crippen LogP contribution in [0.1, 0.15) is 70.6 Å². The summed E-state index contributed by atoms with van der Waals surface area (Å²) in [4.78, 5) is 39.0. The first-order chi connectivity index (χ1) is 17.4. The molecule has 2 aliphatic heterocycles. The predicted octanol–water partition coefficient (Wildman–Crippen LogP) is 4.38. The van der Waals surface area contributed by atoms with Crippen molar-refractivity contribution in [3.8, 4) is 0 Å². The van der Waals surface area contributed by atoms with Crippen molar-refractivity contribution in [3.63, 3.8) is 0 Å². The first kappa shape index (κ1) is 26.9. The Labute approximate surface area is 219 Å². The van der Waals surface area contributed by atoms with Gasteiger partial charge in [-0.3, -0.25) is 9.89 Å². The number of hydrogen-bond donors (Lipinski definition) is 2. The van der Waals surface area contributed by atoms with Crippen molar-refractivity contribution in [2.45, 2.75) is 79.2 Å². The van der Waals surface area contributed by atoms with Crippen LogP contribution in [0.15, 0.2) is 12.1 Å². The predicted molar refractivity (Wildman–Crippen MR) is 142 cm³/mol. The van der Waals surface area contributed by atoms with Gasteiger partial charge in [-0.05, 0) is 72.6 Å². The van der Waals surface area contributed by atoms with Crippen LogP contribution >= 0.6 is 0 Å². The third-order valence-corrected chi connectivity index (χ3v) is 7.19. The molecule has 0 unspecified atom stereocenters. The second-order valence-electron chi connectivity index (χ2n) is 11.8. The maximum absolute atomic E-state index is 13.6. The lowest BCUT2D eigenvalue weighted by molar-refractivity contribution is -0.145. The van der Waals surface area contributed by atoms with Gasteiger partial charge in [-0.15, -0.1) is 0 Å². The second kappa shape index (κ2) is 10.7. The van der Waals surface area contributed by atoms with Crippen molar-refractivity contribution in [3.05, 3.63) is 29.3 Å². The quantitative estimate of drug-likeness (QED) is 0.612. The molecule has 0 aromatic carbocycles. The van der Waals surface area contributed by atoms with Gasteiger partial charge in [0, 0.05) is 55.1 Å². The van der Waals surface area contributed by atoms with Gasteiger partial charge in [0.05, 0.1) is 0 Å². The number of carbonyl (C=O) groups is 2. The van der Waals surface area contributed by atoms with Gasteiger partial charge in [-0.2, -0.15) is 5.10 Å². The summed E-state index contributed by atoms with van der Waals surface area (Å²) in [5.41, 5.74) is 0.973. The zero-order valence-corrected chi connectivity index (χ0v) is 23.1. The van der Waals surface area contributed by atoms with Crippen LogP contribution in [0.2, 0.25) is 0 Å². The molecule has 2 fully saturated rings. The summed E-state index contributed by atoms with van der Waals surface area (Å²) in [6.45, 7) is 14.1. The highest BCUT2D eigenvalue weighted by atomic mass is 16.6. The number of nitrogens with one attached hydrogen (secondary N) is 2. The van der Waals surface area contributed by atoms with Crippen LogP contribution in [-0.4, -0.2) is 73.7 Å². The van der Waals surface area contributed by atoms with Gasteiger partial charge in [0.1, 0.15) is 17.2 Å². The molecule has 0 radical (unpaired) electrons. The van der Waals surface area contributed by atoms with Gasteiger partial charge in [0.2, 0.25) is 5.91 Å². The van der Waals surface area contributed by atoms with E-state index in [4.69, 9.17) is 4.74 Å². The Bertz CT molecular complexity index is 1120. The molecule has 0 saturated carbocycles. The number of aryl methyl sites for hydroxylation is 2. The smallest absolute Gasteiger partial charge is 0.410 e. The fraction of sp³-hybridized carbons (Fsp3) is 0.667. The number of anilines is 2. The van der Waals surface area contributed by atoms with Crippen LogP contribution in [0.3, 0.4) is 0 Å². The fourth-order valence-electron chi connectivity index (χ4n) is 5.23. The van der Waals surface area contributed by atoms with E-state index in [1.807, 2.05) is 58.6 Å². The lowest BCUT2D eigenvalue weighted by Gasteiger charge is -2.43. The van der Waals surface area contributed by atoms with Gasteiger partial charge in [-0.25, -0.2) is 14.8 Å². The van der Waals surface area contributed by atoms with E-state index < -0.39 is 11.0 Å². The lowest BCUT2D eigenvalue weighted by atomic mass is 9.78. The molecule has 0 bridgehead atoms. The number of H-pyrrole nitrogens is 1. The highest BCUT2D eigenvalue weighted by molar-refractivity contribution is 5.83. The van der Waals surface area contributed by atoms with Crippen LogP contribution in [0.25, 0.3) is 0 Å². The first-order valence-electron chi connectivity index (χ1n) is 13.3. The van der Waals surface area contributed by atoms with Crippen molar-refractivity contribution < 1.29 is 14.3 Å². The van der Waals surface area contributed by atoms with Crippen molar-refractivity contribution in [1.29, 1.82) is 0 Å². The molecule has 2 saturated heterocycles. The van der Waals surface area contributed by atoms with E-state index >= 15 is 0 Å². The molecule has 10 nitrogen and oxygen atoms in total. The van der Waals surface area contributed by atoms with E-state index in [0.717, 1.165) is 55.4 Å². The van der Waals surface area contributed by atoms with E-state index in [1.54, 1.807) is 4.90 Å². The molecule has 4 rings (SSSR count). The van der Waals surface area contributed by atoms with Crippen molar-refractivity contribution in [2.24, 2.45) is 11.3 Å². The van der Waals surface area contributed by atoms with Gasteiger partial charge >= 0.3 is 6.09 Å². The molecule has 37 heavy (non-hydrogen) atoms. The fourth-order valence-corrected chi connectivity index (χ4v) is 5.23. The Morgan fingerprint density at radius 3 is 2.49 bits per heavy atom. The molecule has 2 aliphatic rings. The average Bonchev–Trinajstić information content (AvgIpc) is 3.22. The van der Waals surface area contributed by atoms with Gasteiger partial charge in [-0.1, -0.05) is 6.92 Å². The largest absolute Gasteiger partial charge is 0.444 e. The summed E-state index contributed by atoms with van der Waals surface area (Å²) in [6.07, 6.45) is 3.86. The van der Waals surface area contributed by atoms with E-state index in [-0.39, 0.29) is 12.0 Å². The Morgan fingerprint density at radius 2 is 1.84 bits per heavy atom. The SMILES string of the molecule is Cc1nc(C[C@H]2CCCN(C(=O)C3(C)CCN(C(=O)OC(C)(C)C)CC3)C2)cc(Nc2cc(C)[nH]n2)n1. The molecule has 10 heteroatoms. The van der Waals surface area contributed by atoms with Crippen LogP contribution in [0.5, 0.6) is 0 Å². The molecule has 2 N–H and O–H groups in total. The molecule has 2 aromatic heterocycles. The third kappa shape index (κ3) is 6.99. The van der Waals surface area contributed by atoms with Crippen LogP contribution < -0.4 is 5.32 Å². The maximum atomic E-state index is 13.6. The Kier molecular flexibility index (Phi) is 7.75. The topological polar surface area (TPSA) is 116 Å². The molecule has 202 valence electrons. The minimum atomic E-state index is -0.520. The van der Waals surface area contributed by atoms with Crippen LogP contribution in [-0.2, 0) is 16.0 Å². The number of rotatable bonds is 5.